The van der Waals surface area contributed by atoms with Gasteiger partial charge in [-0.3, -0.25) is 0 Å². The van der Waals surface area contributed by atoms with Gasteiger partial charge < -0.3 is 5.32 Å². The highest BCUT2D eigenvalue weighted by atomic mass is 35.5. The van der Waals surface area contributed by atoms with E-state index in [0.29, 0.717) is 11.6 Å². The monoisotopic (exact) mass is 295 g/mol. The summed E-state index contributed by atoms with van der Waals surface area (Å²) in [5, 5.41) is 3.12. The minimum atomic E-state index is -3.26. The Morgan fingerprint density at radius 2 is 1.84 bits per heavy atom. The van der Waals surface area contributed by atoms with Gasteiger partial charge in [-0.25, -0.2) is 8.42 Å². The van der Waals surface area contributed by atoms with E-state index in [1.807, 2.05) is 24.3 Å². The lowest BCUT2D eigenvalue weighted by atomic mass is 10.2. The summed E-state index contributed by atoms with van der Waals surface area (Å²) in [6.45, 7) is 0. The lowest BCUT2D eigenvalue weighted by molar-refractivity contribution is 0.602. The molecular weight excluding hydrogens is 282 g/mol. The molecule has 0 aliphatic carbocycles. The van der Waals surface area contributed by atoms with Crippen molar-refractivity contribution in [2.24, 2.45) is 0 Å². The number of rotatable bonds is 4. The molecular formula is C14H14ClNO2S. The van der Waals surface area contributed by atoms with E-state index < -0.39 is 9.84 Å². The highest BCUT2D eigenvalue weighted by Crippen LogP contribution is 2.25. The van der Waals surface area contributed by atoms with Gasteiger partial charge in [0.05, 0.1) is 10.6 Å². The van der Waals surface area contributed by atoms with E-state index in [4.69, 9.17) is 11.6 Å². The molecule has 0 radical (unpaired) electrons. The molecule has 0 aromatic heterocycles. The number of alkyl halides is 1. The van der Waals surface area contributed by atoms with Gasteiger partial charge >= 0.3 is 0 Å². The molecule has 2 rings (SSSR count). The maximum Gasteiger partial charge on any atom is 0.177 e. The number of nitrogens with one attached hydrogen (secondary N) is 1. The van der Waals surface area contributed by atoms with E-state index in [-0.39, 0.29) is 4.90 Å². The van der Waals surface area contributed by atoms with Crippen molar-refractivity contribution in [2.45, 2.75) is 10.8 Å². The van der Waals surface area contributed by atoms with E-state index in [1.165, 1.54) is 6.26 Å². The molecule has 3 nitrogen and oxygen atoms in total. The summed E-state index contributed by atoms with van der Waals surface area (Å²) < 4.78 is 23.4. The number of halogens is 1. The second-order valence-electron chi connectivity index (χ2n) is 4.23. The first kappa shape index (κ1) is 13.9. The highest BCUT2D eigenvalue weighted by molar-refractivity contribution is 7.90. The molecule has 100 valence electrons. The van der Waals surface area contributed by atoms with E-state index in [9.17, 15) is 8.42 Å². The quantitative estimate of drug-likeness (QED) is 0.877. The molecule has 0 atom stereocenters. The molecule has 0 aliphatic heterocycles. The van der Waals surface area contributed by atoms with Gasteiger partial charge in [-0.05, 0) is 29.8 Å². The van der Waals surface area contributed by atoms with Crippen LogP contribution in [0.1, 0.15) is 5.56 Å². The summed E-state index contributed by atoms with van der Waals surface area (Å²) in [6.07, 6.45) is 1.20. The van der Waals surface area contributed by atoms with Gasteiger partial charge in [0.2, 0.25) is 0 Å². The van der Waals surface area contributed by atoms with Crippen molar-refractivity contribution in [1.29, 1.82) is 0 Å². The van der Waals surface area contributed by atoms with Crippen LogP contribution in [0.15, 0.2) is 53.4 Å². The Hall–Kier alpha value is -1.52. The molecule has 19 heavy (non-hydrogen) atoms. The van der Waals surface area contributed by atoms with Crippen LogP contribution in [0, 0.1) is 0 Å². The fourth-order valence-corrected chi connectivity index (χ4v) is 2.79. The standard InChI is InChI=1S/C14H14ClNO2S/c1-19(17,18)14-8-3-2-7-13(14)16-12-6-4-5-11(9-12)10-15/h2-9,16H,10H2,1H3. The number of benzene rings is 2. The van der Waals surface area contributed by atoms with Crippen LogP contribution in [-0.4, -0.2) is 14.7 Å². The van der Waals surface area contributed by atoms with Crippen molar-refractivity contribution < 1.29 is 8.42 Å². The van der Waals surface area contributed by atoms with E-state index in [1.54, 1.807) is 24.3 Å². The average molecular weight is 296 g/mol. The SMILES string of the molecule is CS(=O)(=O)c1ccccc1Nc1cccc(CCl)c1. The first-order valence-corrected chi connectivity index (χ1v) is 8.14. The number of anilines is 2. The lowest BCUT2D eigenvalue weighted by Gasteiger charge is -2.11. The van der Waals surface area contributed by atoms with E-state index in [0.717, 1.165) is 11.3 Å². The van der Waals surface area contributed by atoms with Crippen LogP contribution in [0.25, 0.3) is 0 Å². The second kappa shape index (κ2) is 5.63. The molecule has 0 fully saturated rings. The highest BCUT2D eigenvalue weighted by Gasteiger charge is 2.12. The van der Waals surface area contributed by atoms with Crippen molar-refractivity contribution in [1.82, 2.24) is 0 Å². The number of sulfone groups is 1. The maximum absolute atomic E-state index is 11.7. The predicted octanol–water partition coefficient (Wildman–Crippen LogP) is 3.57. The van der Waals surface area contributed by atoms with Gasteiger partial charge in [0.25, 0.3) is 0 Å². The molecule has 2 aromatic carbocycles. The van der Waals surface area contributed by atoms with Gasteiger partial charge in [-0.15, -0.1) is 11.6 Å². The van der Waals surface area contributed by atoms with Crippen LogP contribution < -0.4 is 5.32 Å². The lowest BCUT2D eigenvalue weighted by Crippen LogP contribution is -2.02. The summed E-state index contributed by atoms with van der Waals surface area (Å²) >= 11 is 5.78. The third-order valence-corrected chi connectivity index (χ3v) is 4.11. The molecule has 0 saturated carbocycles. The predicted molar refractivity (Wildman–Crippen MR) is 78.8 cm³/mol. The molecule has 2 aromatic rings. The fraction of sp³-hybridized carbons (Fsp3) is 0.143. The van der Waals surface area contributed by atoms with Crippen molar-refractivity contribution in [3.8, 4) is 0 Å². The zero-order chi connectivity index (χ0) is 13.9. The summed E-state index contributed by atoms with van der Waals surface area (Å²) in [5.74, 6) is 0.420. The molecule has 0 spiro atoms. The molecule has 0 aliphatic rings. The Morgan fingerprint density at radius 3 is 2.53 bits per heavy atom. The van der Waals surface area contributed by atoms with Crippen molar-refractivity contribution >= 4 is 32.8 Å². The molecule has 5 heteroatoms. The van der Waals surface area contributed by atoms with Crippen LogP contribution >= 0.6 is 11.6 Å². The van der Waals surface area contributed by atoms with Crippen molar-refractivity contribution in [2.75, 3.05) is 11.6 Å². The van der Waals surface area contributed by atoms with E-state index in [2.05, 4.69) is 5.32 Å². The first-order chi connectivity index (χ1) is 9.00. The Bertz CT molecular complexity index is 683. The summed E-state index contributed by atoms with van der Waals surface area (Å²) in [4.78, 5) is 0.284. The number of hydrogen-bond donors (Lipinski definition) is 1. The normalized spacial score (nSPS) is 11.3. The molecule has 1 N–H and O–H groups in total. The minimum absolute atomic E-state index is 0.284. The fourth-order valence-electron chi connectivity index (χ4n) is 1.78. The molecule has 0 heterocycles. The molecule has 0 unspecified atom stereocenters. The van der Waals surface area contributed by atoms with Crippen molar-refractivity contribution in [3.63, 3.8) is 0 Å². The smallest absolute Gasteiger partial charge is 0.177 e. The summed E-state index contributed by atoms with van der Waals surface area (Å²) in [7, 11) is -3.26. The molecule has 0 amide bonds. The molecule has 0 bridgehead atoms. The first-order valence-electron chi connectivity index (χ1n) is 5.72. The van der Waals surface area contributed by atoms with Gasteiger partial charge in [-0.1, -0.05) is 24.3 Å². The van der Waals surface area contributed by atoms with Gasteiger partial charge in [-0.2, -0.15) is 0 Å². The van der Waals surface area contributed by atoms with Crippen LogP contribution in [0.4, 0.5) is 11.4 Å². The molecule has 0 saturated heterocycles. The van der Waals surface area contributed by atoms with Crippen LogP contribution in [0.5, 0.6) is 0 Å². The minimum Gasteiger partial charge on any atom is -0.354 e. The van der Waals surface area contributed by atoms with Gasteiger partial charge in [0.1, 0.15) is 0 Å². The number of para-hydroxylation sites is 1. The summed E-state index contributed by atoms with van der Waals surface area (Å²) in [5.41, 5.74) is 2.36. The summed E-state index contributed by atoms with van der Waals surface area (Å²) in [6, 6.07) is 14.4. The van der Waals surface area contributed by atoms with Crippen molar-refractivity contribution in [3.05, 3.63) is 54.1 Å². The maximum atomic E-state index is 11.7. The topological polar surface area (TPSA) is 46.2 Å². The third-order valence-electron chi connectivity index (χ3n) is 2.65. The van der Waals surface area contributed by atoms with Gasteiger partial charge in [0.15, 0.2) is 9.84 Å². The average Bonchev–Trinajstić information content (AvgIpc) is 2.38. The van der Waals surface area contributed by atoms with E-state index >= 15 is 0 Å². The Kier molecular flexibility index (Phi) is 4.12. The van der Waals surface area contributed by atoms with Crippen LogP contribution in [0.3, 0.4) is 0 Å². The van der Waals surface area contributed by atoms with Crippen LogP contribution in [0.2, 0.25) is 0 Å². The zero-order valence-electron chi connectivity index (χ0n) is 10.4. The Morgan fingerprint density at radius 1 is 1.11 bits per heavy atom. The van der Waals surface area contributed by atoms with Crippen LogP contribution in [-0.2, 0) is 15.7 Å². The Labute approximate surface area is 118 Å². The van der Waals surface area contributed by atoms with Gasteiger partial charge in [0, 0.05) is 17.8 Å². The number of hydrogen-bond acceptors (Lipinski definition) is 3. The third kappa shape index (κ3) is 3.49. The second-order valence-corrected chi connectivity index (χ2v) is 6.48. The largest absolute Gasteiger partial charge is 0.354 e. The zero-order valence-corrected chi connectivity index (χ0v) is 12.0. The Balaban J connectivity index is 2.38.